The second-order valence-corrected chi connectivity index (χ2v) is 10.9. The molecule has 0 N–H and O–H groups in total. The van der Waals surface area contributed by atoms with Gasteiger partial charge in [0.05, 0.1) is 48.4 Å². The number of hydrogen-bond acceptors (Lipinski definition) is 6. The summed E-state index contributed by atoms with van der Waals surface area (Å²) in [6.45, 7) is 0. The number of amides is 4. The van der Waals surface area contributed by atoms with E-state index in [1.165, 1.54) is 54.6 Å². The predicted molar refractivity (Wildman–Crippen MR) is 139 cm³/mol. The SMILES string of the molecule is O=C1c2ccccc2C(=O)N1c1c(Cl)ccc(S(=O)(=O)c2ccccc2)c1N1C(=O)c2ccccc2C1=O. The van der Waals surface area contributed by atoms with E-state index >= 15 is 0 Å². The minimum atomic E-state index is -4.37. The number of hydrogen-bond donors (Lipinski definition) is 0. The van der Waals surface area contributed by atoms with E-state index in [1.54, 1.807) is 30.3 Å². The van der Waals surface area contributed by atoms with Gasteiger partial charge in [-0.3, -0.25) is 19.2 Å². The van der Waals surface area contributed by atoms with Crippen molar-refractivity contribution in [2.24, 2.45) is 0 Å². The minimum absolute atomic E-state index is 0.0499. The number of sulfone groups is 1. The molecular formula is C28H15ClN2O6S. The largest absolute Gasteiger partial charge is 0.268 e. The van der Waals surface area contributed by atoms with Crippen LogP contribution in [0.1, 0.15) is 41.4 Å². The zero-order valence-electron chi connectivity index (χ0n) is 19.3. The molecule has 8 nitrogen and oxygen atoms in total. The van der Waals surface area contributed by atoms with Crippen LogP contribution in [0.2, 0.25) is 5.02 Å². The molecule has 0 radical (unpaired) electrons. The molecule has 2 heterocycles. The Morgan fingerprint density at radius 3 is 1.34 bits per heavy atom. The highest BCUT2D eigenvalue weighted by molar-refractivity contribution is 7.91. The lowest BCUT2D eigenvalue weighted by Crippen LogP contribution is -2.36. The van der Waals surface area contributed by atoms with Gasteiger partial charge >= 0.3 is 0 Å². The normalized spacial score (nSPS) is 14.8. The van der Waals surface area contributed by atoms with Gasteiger partial charge in [-0.2, -0.15) is 0 Å². The summed E-state index contributed by atoms with van der Waals surface area (Å²) in [5.74, 6) is -3.15. The molecule has 2 aliphatic rings. The lowest BCUT2D eigenvalue weighted by Gasteiger charge is -2.26. The average molecular weight is 543 g/mol. The molecule has 4 amide bonds. The van der Waals surface area contributed by atoms with Gasteiger partial charge in [0.15, 0.2) is 0 Å². The van der Waals surface area contributed by atoms with Gasteiger partial charge in [-0.1, -0.05) is 54.1 Å². The van der Waals surface area contributed by atoms with Crippen LogP contribution in [0.4, 0.5) is 11.4 Å². The average Bonchev–Trinajstić information content (AvgIpc) is 3.33. The van der Waals surface area contributed by atoms with Crippen LogP contribution in [-0.2, 0) is 9.84 Å². The van der Waals surface area contributed by atoms with Crippen molar-refractivity contribution in [1.82, 2.24) is 0 Å². The van der Waals surface area contributed by atoms with E-state index < -0.39 is 44.0 Å². The molecule has 6 rings (SSSR count). The Hall–Kier alpha value is -4.60. The van der Waals surface area contributed by atoms with Crippen LogP contribution in [0.15, 0.2) is 101 Å². The highest BCUT2D eigenvalue weighted by Gasteiger charge is 2.46. The molecular weight excluding hydrogens is 528 g/mol. The van der Waals surface area contributed by atoms with Gasteiger partial charge in [-0.15, -0.1) is 0 Å². The maximum absolute atomic E-state index is 13.9. The molecule has 0 aliphatic carbocycles. The van der Waals surface area contributed by atoms with Gasteiger partial charge in [-0.25, -0.2) is 18.2 Å². The van der Waals surface area contributed by atoms with Crippen LogP contribution in [0.5, 0.6) is 0 Å². The smallest absolute Gasteiger partial charge is 0.266 e. The Morgan fingerprint density at radius 2 is 0.895 bits per heavy atom. The van der Waals surface area contributed by atoms with E-state index in [0.717, 1.165) is 11.0 Å². The third kappa shape index (κ3) is 3.26. The Labute approximate surface area is 221 Å². The van der Waals surface area contributed by atoms with E-state index in [1.807, 2.05) is 0 Å². The number of benzene rings is 4. The number of carbonyl (C=O) groups is 4. The summed E-state index contributed by atoms with van der Waals surface area (Å²) in [6, 6.07) is 21.9. The van der Waals surface area contributed by atoms with Crippen LogP contribution < -0.4 is 9.80 Å². The highest BCUT2D eigenvalue weighted by Crippen LogP contribution is 2.47. The quantitative estimate of drug-likeness (QED) is 0.344. The molecule has 4 aromatic carbocycles. The third-order valence-corrected chi connectivity index (χ3v) is 8.55. The van der Waals surface area contributed by atoms with Crippen LogP contribution >= 0.6 is 11.6 Å². The fraction of sp³-hybridized carbons (Fsp3) is 0. The molecule has 0 unspecified atom stereocenters. The second kappa shape index (κ2) is 8.47. The summed E-state index contributed by atoms with van der Waals surface area (Å²) in [6.07, 6.45) is 0. The number of imide groups is 2. The first kappa shape index (κ1) is 23.8. The Kier molecular flexibility index (Phi) is 5.30. The van der Waals surface area contributed by atoms with Gasteiger partial charge in [-0.05, 0) is 48.5 Å². The van der Waals surface area contributed by atoms with Gasteiger partial charge in [0, 0.05) is 0 Å². The molecule has 38 heavy (non-hydrogen) atoms. The molecule has 0 saturated carbocycles. The predicted octanol–water partition coefficient (Wildman–Crippen LogP) is 4.77. The lowest BCUT2D eigenvalue weighted by molar-refractivity contribution is 0.0903. The van der Waals surface area contributed by atoms with Crippen molar-refractivity contribution in [3.05, 3.63) is 118 Å². The molecule has 0 aromatic heterocycles. The number of carbonyl (C=O) groups excluding carboxylic acids is 4. The van der Waals surface area contributed by atoms with Crippen LogP contribution in [0, 0.1) is 0 Å². The van der Waals surface area contributed by atoms with Crippen LogP contribution in [0.3, 0.4) is 0 Å². The first-order valence-corrected chi connectivity index (χ1v) is 13.2. The van der Waals surface area contributed by atoms with Crippen molar-refractivity contribution in [3.8, 4) is 0 Å². The number of halogens is 1. The first-order chi connectivity index (χ1) is 18.2. The summed E-state index contributed by atoms with van der Waals surface area (Å²) < 4.78 is 27.8. The lowest BCUT2D eigenvalue weighted by atomic mass is 10.1. The first-order valence-electron chi connectivity index (χ1n) is 11.3. The zero-order valence-corrected chi connectivity index (χ0v) is 20.9. The maximum atomic E-state index is 13.9. The van der Waals surface area contributed by atoms with Gasteiger partial charge in [0.25, 0.3) is 23.6 Å². The van der Waals surface area contributed by atoms with Crippen LogP contribution in [-0.4, -0.2) is 32.0 Å². The molecule has 0 fully saturated rings. The van der Waals surface area contributed by atoms with Crippen molar-refractivity contribution >= 4 is 56.4 Å². The second-order valence-electron chi connectivity index (χ2n) is 8.54. The van der Waals surface area contributed by atoms with Crippen molar-refractivity contribution in [2.45, 2.75) is 9.79 Å². The fourth-order valence-electron chi connectivity index (χ4n) is 4.69. The van der Waals surface area contributed by atoms with Crippen molar-refractivity contribution in [2.75, 3.05) is 9.80 Å². The summed E-state index contributed by atoms with van der Waals surface area (Å²) in [5.41, 5.74) is -0.578. The van der Waals surface area contributed by atoms with Crippen LogP contribution in [0.25, 0.3) is 0 Å². The molecule has 0 saturated heterocycles. The molecule has 4 aromatic rings. The zero-order chi connectivity index (χ0) is 26.8. The van der Waals surface area contributed by atoms with Gasteiger partial charge in [0.1, 0.15) is 0 Å². The Balaban J connectivity index is 1.67. The number of rotatable bonds is 4. The summed E-state index contributed by atoms with van der Waals surface area (Å²) in [7, 11) is -4.37. The van der Waals surface area contributed by atoms with E-state index in [4.69, 9.17) is 11.6 Å². The van der Waals surface area contributed by atoms with Crippen molar-refractivity contribution in [1.29, 1.82) is 0 Å². The van der Waals surface area contributed by atoms with Gasteiger partial charge < -0.3 is 0 Å². The van der Waals surface area contributed by atoms with Crippen molar-refractivity contribution < 1.29 is 27.6 Å². The third-order valence-electron chi connectivity index (χ3n) is 6.44. The molecule has 0 bridgehead atoms. The summed E-state index contributed by atoms with van der Waals surface area (Å²) >= 11 is 6.55. The van der Waals surface area contributed by atoms with E-state index in [-0.39, 0.29) is 37.9 Å². The van der Waals surface area contributed by atoms with E-state index in [9.17, 15) is 27.6 Å². The van der Waals surface area contributed by atoms with E-state index in [0.29, 0.717) is 4.90 Å². The number of anilines is 2. The van der Waals surface area contributed by atoms with Gasteiger partial charge in [0.2, 0.25) is 9.84 Å². The monoisotopic (exact) mass is 542 g/mol. The molecule has 0 atom stereocenters. The number of nitrogens with zero attached hydrogens (tertiary/aromatic N) is 2. The standard InChI is InChI=1S/C28H15ClN2O6S/c29-21-14-15-22(38(36,37)16-8-2-1-3-9-16)24(31-27(34)19-12-6-7-13-20(19)28(31)35)23(21)30-25(32)17-10-4-5-11-18(17)26(30)33/h1-15H. The summed E-state index contributed by atoms with van der Waals surface area (Å²) in [4.78, 5) is 54.8. The summed E-state index contributed by atoms with van der Waals surface area (Å²) in [5, 5.41) is -0.196. The number of fused-ring (bicyclic) bond motifs is 2. The fourth-order valence-corrected chi connectivity index (χ4v) is 6.39. The van der Waals surface area contributed by atoms with E-state index in [2.05, 4.69) is 0 Å². The molecule has 10 heteroatoms. The molecule has 186 valence electrons. The molecule has 2 aliphatic heterocycles. The maximum Gasteiger partial charge on any atom is 0.266 e. The molecule has 0 spiro atoms. The highest BCUT2D eigenvalue weighted by atomic mass is 35.5. The van der Waals surface area contributed by atoms with Crippen molar-refractivity contribution in [3.63, 3.8) is 0 Å². The Bertz CT molecular complexity index is 1770. The Morgan fingerprint density at radius 1 is 0.500 bits per heavy atom. The topological polar surface area (TPSA) is 109 Å². The minimum Gasteiger partial charge on any atom is -0.268 e.